The average molecular weight is 296 g/mol. The summed E-state index contributed by atoms with van der Waals surface area (Å²) in [5.74, 6) is 1.01. The molecule has 0 saturated carbocycles. The molecular weight excluding hydrogens is 264 g/mol. The molecule has 1 atom stereocenters. The fraction of sp³-hybridized carbons (Fsp3) is 0.647. The normalized spacial score (nSPS) is 17.4. The van der Waals surface area contributed by atoms with Crippen molar-refractivity contribution in [1.82, 2.24) is 10.2 Å². The fourth-order valence-electron chi connectivity index (χ4n) is 2.37. The second-order valence-corrected chi connectivity index (χ2v) is 4.99. The summed E-state index contributed by atoms with van der Waals surface area (Å²) < 4.78 is 10.3. The molecule has 1 aromatic carbocycles. The summed E-state index contributed by atoms with van der Waals surface area (Å²) >= 11 is 0. The van der Waals surface area contributed by atoms with Gasteiger partial charge in [0.25, 0.3) is 0 Å². The molecule has 4 nitrogen and oxygen atoms in total. The Bertz CT molecular complexity index is 385. The molecule has 4 heteroatoms. The minimum absolute atomic E-state index is 0.287. The molecule has 1 fully saturated rings. The van der Waals surface area contributed by atoms with E-state index >= 15 is 0 Å². The van der Waals surface area contributed by atoms with Gasteiger partial charge in [-0.3, -0.25) is 4.90 Å². The summed E-state index contributed by atoms with van der Waals surface area (Å²) in [6.07, 6.45) is 0.287. The fourth-order valence-corrected chi connectivity index (χ4v) is 2.37. The highest BCUT2D eigenvalue weighted by Crippen LogP contribution is 2.23. The molecule has 0 radical (unpaired) electrons. The van der Waals surface area contributed by atoms with Gasteiger partial charge < -0.3 is 14.8 Å². The van der Waals surface area contributed by atoms with Gasteiger partial charge in [0.05, 0.1) is 13.8 Å². The van der Waals surface area contributed by atoms with Crippen molar-refractivity contribution in [2.24, 2.45) is 0 Å². The molecule has 1 unspecified atom stereocenters. The smallest absolute Gasteiger partial charge is 0.124 e. The van der Waals surface area contributed by atoms with Crippen LogP contribution in [0.3, 0.4) is 0 Å². The van der Waals surface area contributed by atoms with Gasteiger partial charge in [0.15, 0.2) is 0 Å². The number of hydrogen-bond acceptors (Lipinski definition) is 4. The lowest BCUT2D eigenvalue weighted by molar-refractivity contribution is 0.0196. The minimum atomic E-state index is 0.287. The third-order valence-corrected chi connectivity index (χ3v) is 3.25. The van der Waals surface area contributed by atoms with Crippen LogP contribution in [0, 0.1) is 20.8 Å². The van der Waals surface area contributed by atoms with Crippen molar-refractivity contribution in [1.29, 1.82) is 0 Å². The van der Waals surface area contributed by atoms with Crippen LogP contribution in [-0.2, 0) is 4.74 Å². The number of hydrogen-bond donors (Lipinski definition) is 1. The monoisotopic (exact) mass is 296 g/mol. The molecule has 0 amide bonds. The zero-order chi connectivity index (χ0) is 16.4. The number of methoxy groups -OCH3 is 2. The molecule has 1 saturated heterocycles. The molecule has 1 N–H and O–H groups in total. The van der Waals surface area contributed by atoms with Crippen molar-refractivity contribution >= 4 is 0 Å². The molecule has 1 heterocycles. The average Bonchev–Trinajstić information content (AvgIpc) is 2.86. The van der Waals surface area contributed by atoms with Crippen molar-refractivity contribution in [3.05, 3.63) is 28.8 Å². The van der Waals surface area contributed by atoms with Gasteiger partial charge in [-0.2, -0.15) is 0 Å². The van der Waals surface area contributed by atoms with Gasteiger partial charge in [0.1, 0.15) is 12.0 Å². The van der Waals surface area contributed by atoms with Gasteiger partial charge in [-0.15, -0.1) is 0 Å². The number of nitrogens with zero attached hydrogens (tertiary/aromatic N) is 1. The zero-order valence-electron chi connectivity index (χ0n) is 14.9. The molecule has 0 aliphatic carbocycles. The minimum Gasteiger partial charge on any atom is -0.496 e. The number of benzene rings is 1. The zero-order valence-corrected chi connectivity index (χ0v) is 14.9. The van der Waals surface area contributed by atoms with E-state index < -0.39 is 0 Å². The Hall–Kier alpha value is -1.10. The maximum Gasteiger partial charge on any atom is 0.124 e. The summed E-state index contributed by atoms with van der Waals surface area (Å²) in [6, 6.07) is 4.26. The number of nitrogens with one attached hydrogen (secondary N) is 1. The van der Waals surface area contributed by atoms with E-state index in [1.807, 2.05) is 20.9 Å². The molecule has 1 aromatic rings. The van der Waals surface area contributed by atoms with Gasteiger partial charge in [-0.25, -0.2) is 0 Å². The highest BCUT2D eigenvalue weighted by atomic mass is 16.5. The van der Waals surface area contributed by atoms with Crippen molar-refractivity contribution in [2.45, 2.75) is 40.8 Å². The number of likely N-dealkylation sites (N-methyl/N-ethyl adjacent to an activating group) is 1. The van der Waals surface area contributed by atoms with E-state index in [9.17, 15) is 0 Å². The molecule has 21 heavy (non-hydrogen) atoms. The van der Waals surface area contributed by atoms with Crippen molar-refractivity contribution in [3.63, 3.8) is 0 Å². The van der Waals surface area contributed by atoms with Gasteiger partial charge >= 0.3 is 0 Å². The lowest BCUT2D eigenvalue weighted by Crippen LogP contribution is -2.27. The Morgan fingerprint density at radius 1 is 1.10 bits per heavy atom. The van der Waals surface area contributed by atoms with Crippen LogP contribution in [0.15, 0.2) is 12.1 Å². The van der Waals surface area contributed by atoms with Crippen LogP contribution in [0.25, 0.3) is 0 Å². The highest BCUT2D eigenvalue weighted by molar-refractivity contribution is 5.42. The Labute approximate surface area is 130 Å². The maximum atomic E-state index is 5.23. The number of rotatable bonds is 2. The van der Waals surface area contributed by atoms with Gasteiger partial charge in [0.2, 0.25) is 0 Å². The van der Waals surface area contributed by atoms with E-state index in [2.05, 4.69) is 43.1 Å². The predicted octanol–water partition coefficient (Wildman–Crippen LogP) is 3.10. The van der Waals surface area contributed by atoms with Crippen LogP contribution >= 0.6 is 0 Å². The molecule has 122 valence electrons. The summed E-state index contributed by atoms with van der Waals surface area (Å²) in [5.41, 5.74) is 3.72. The summed E-state index contributed by atoms with van der Waals surface area (Å²) in [5, 5.41) is 3.17. The standard InChI is InChI=1S/C10H14O.C5H12N2O.C2H6/c1-7-5-8(2)10(11-4)9(3)6-7;1-7-4-6-3-5(7)8-2;1-2/h5-6H,1-4H3;5-6H,3-4H2,1-2H3;1-2H3. The number of ether oxygens (including phenoxy) is 2. The van der Waals surface area contributed by atoms with E-state index in [0.29, 0.717) is 0 Å². The van der Waals surface area contributed by atoms with Crippen molar-refractivity contribution in [2.75, 3.05) is 34.5 Å². The molecule has 2 rings (SSSR count). The van der Waals surface area contributed by atoms with E-state index in [0.717, 1.165) is 19.0 Å². The van der Waals surface area contributed by atoms with Crippen LogP contribution in [0.5, 0.6) is 5.75 Å². The van der Waals surface area contributed by atoms with E-state index in [1.165, 1.54) is 16.7 Å². The summed E-state index contributed by atoms with van der Waals surface area (Å²) in [7, 11) is 5.48. The van der Waals surface area contributed by atoms with Crippen molar-refractivity contribution < 1.29 is 9.47 Å². The van der Waals surface area contributed by atoms with Crippen LogP contribution in [0.2, 0.25) is 0 Å². The first-order valence-electron chi connectivity index (χ1n) is 7.55. The van der Waals surface area contributed by atoms with Crippen LogP contribution in [0.4, 0.5) is 0 Å². The predicted molar refractivity (Wildman–Crippen MR) is 90.0 cm³/mol. The molecular formula is C17H32N2O2. The van der Waals surface area contributed by atoms with Crippen LogP contribution in [0.1, 0.15) is 30.5 Å². The highest BCUT2D eigenvalue weighted by Gasteiger charge is 2.18. The summed E-state index contributed by atoms with van der Waals surface area (Å²) in [6.45, 7) is 12.1. The lowest BCUT2D eigenvalue weighted by Gasteiger charge is -2.14. The first-order chi connectivity index (χ1) is 9.99. The quantitative estimate of drug-likeness (QED) is 0.909. The van der Waals surface area contributed by atoms with E-state index in [1.54, 1.807) is 14.2 Å². The van der Waals surface area contributed by atoms with Crippen molar-refractivity contribution in [3.8, 4) is 5.75 Å². The van der Waals surface area contributed by atoms with Gasteiger partial charge in [-0.1, -0.05) is 31.5 Å². The SMILES string of the molecule is CC.COC1CNCN1C.COc1c(C)cc(C)cc1C. The Morgan fingerprint density at radius 3 is 1.90 bits per heavy atom. The molecule has 1 aliphatic heterocycles. The maximum absolute atomic E-state index is 5.23. The van der Waals surface area contributed by atoms with Crippen LogP contribution < -0.4 is 10.1 Å². The lowest BCUT2D eigenvalue weighted by atomic mass is 10.1. The molecule has 1 aliphatic rings. The Balaban J connectivity index is 0.000000354. The third-order valence-electron chi connectivity index (χ3n) is 3.25. The Kier molecular flexibility index (Phi) is 10.0. The third kappa shape index (κ3) is 6.46. The largest absolute Gasteiger partial charge is 0.496 e. The molecule has 0 aromatic heterocycles. The van der Waals surface area contributed by atoms with E-state index in [-0.39, 0.29) is 6.23 Å². The first kappa shape index (κ1) is 19.9. The van der Waals surface area contributed by atoms with E-state index in [4.69, 9.17) is 9.47 Å². The first-order valence-corrected chi connectivity index (χ1v) is 7.55. The topological polar surface area (TPSA) is 33.7 Å². The van der Waals surface area contributed by atoms with Gasteiger partial charge in [0, 0.05) is 13.7 Å². The molecule has 0 spiro atoms. The second-order valence-electron chi connectivity index (χ2n) is 4.99. The van der Waals surface area contributed by atoms with Gasteiger partial charge in [-0.05, 0) is 38.9 Å². The summed E-state index contributed by atoms with van der Waals surface area (Å²) in [4.78, 5) is 2.12. The molecule has 0 bridgehead atoms. The Morgan fingerprint density at radius 2 is 1.62 bits per heavy atom. The second kappa shape index (κ2) is 10.6. The van der Waals surface area contributed by atoms with Crippen LogP contribution in [-0.4, -0.2) is 45.6 Å². The number of aryl methyl sites for hydroxylation is 3.